The standard InChI is InChI=1S/C21H17N5O9S2.Cu/c1-11-8-16(19(27)18(9-11)37(33,34)35)24-26-20(13-4-2-3-5-17(13)36(30,31)32)25-23-15-7-6-12(22)10-14(15)21(28)29;/h2-10H,1H3,(H5,22,25,26,27,28,29,30,31,32,33,34,35);/p+1. The number of nitrogens with two attached hydrogens (primary N) is 1. The summed E-state index contributed by atoms with van der Waals surface area (Å²) in [7, 11) is -9.65. The van der Waals surface area contributed by atoms with Gasteiger partial charge in [-0.1, -0.05) is 16.9 Å². The van der Waals surface area contributed by atoms with Gasteiger partial charge in [-0.25, -0.2) is 4.79 Å². The number of phenols is 1. The second-order valence-corrected chi connectivity index (χ2v) is 10.2. The molecule has 203 valence electrons. The molecule has 3 aromatic rings. The molecule has 0 saturated carbocycles. The van der Waals surface area contributed by atoms with Crippen molar-refractivity contribution >= 4 is 49.1 Å². The van der Waals surface area contributed by atoms with Gasteiger partial charge in [-0.2, -0.15) is 16.8 Å². The van der Waals surface area contributed by atoms with Crippen LogP contribution < -0.4 is 5.73 Å². The summed E-state index contributed by atoms with van der Waals surface area (Å²) in [5, 5.41) is 31.0. The third-order valence-electron chi connectivity index (χ3n) is 4.64. The van der Waals surface area contributed by atoms with Crippen molar-refractivity contribution in [3.05, 3.63) is 71.3 Å². The van der Waals surface area contributed by atoms with E-state index in [9.17, 15) is 40.9 Å². The SMILES string of the molecule is Cc1cc(N=NC(=[N+]=Nc2ccc(N)cc2C(=O)O)c2ccccc2S(=O)(=O)O)c(O)c(S(=O)(=O)O)c1.[Cu]. The number of aryl methyl sites for hydroxylation is 1. The van der Waals surface area contributed by atoms with E-state index in [1.54, 1.807) is 0 Å². The molecule has 0 aromatic heterocycles. The predicted octanol–water partition coefficient (Wildman–Crippen LogP) is 2.99. The van der Waals surface area contributed by atoms with Crippen LogP contribution in [0.3, 0.4) is 0 Å². The molecule has 0 aliphatic heterocycles. The Morgan fingerprint density at radius 1 is 0.895 bits per heavy atom. The molecule has 1 radical (unpaired) electrons. The third-order valence-corrected chi connectivity index (χ3v) is 6.42. The first-order valence-corrected chi connectivity index (χ1v) is 12.8. The van der Waals surface area contributed by atoms with Gasteiger partial charge in [-0.05, 0) is 60.1 Å². The largest absolute Gasteiger partial charge is 0.504 e. The van der Waals surface area contributed by atoms with Crippen molar-refractivity contribution in [2.24, 2.45) is 15.3 Å². The minimum atomic E-state index is -4.84. The number of aromatic hydroxyl groups is 1. The van der Waals surface area contributed by atoms with Crippen molar-refractivity contribution in [2.75, 3.05) is 5.73 Å². The van der Waals surface area contributed by atoms with E-state index in [4.69, 9.17) is 5.73 Å². The molecule has 0 aliphatic carbocycles. The number of aromatic carboxylic acids is 1. The molecule has 6 N–H and O–H groups in total. The first-order valence-electron chi connectivity index (χ1n) is 9.89. The van der Waals surface area contributed by atoms with Crippen molar-refractivity contribution < 1.29 is 62.8 Å². The van der Waals surface area contributed by atoms with Gasteiger partial charge in [0.25, 0.3) is 20.2 Å². The normalized spacial score (nSPS) is 11.4. The summed E-state index contributed by atoms with van der Waals surface area (Å²) in [6.45, 7) is 1.44. The quantitative estimate of drug-likeness (QED) is 0.0518. The van der Waals surface area contributed by atoms with E-state index < -0.39 is 53.3 Å². The number of hydrogen-bond acceptors (Lipinski definition) is 9. The minimum absolute atomic E-state index is 0. The fourth-order valence-corrected chi connectivity index (χ4v) is 4.39. The Kier molecular flexibility index (Phi) is 9.26. The van der Waals surface area contributed by atoms with Crippen molar-refractivity contribution in [3.8, 4) is 5.75 Å². The topological polar surface area (TPSA) is 243 Å². The van der Waals surface area contributed by atoms with Crippen LogP contribution in [-0.4, -0.2) is 52.7 Å². The number of carboxylic acids is 1. The van der Waals surface area contributed by atoms with E-state index in [1.807, 2.05) is 0 Å². The maximum Gasteiger partial charge on any atom is 0.479 e. The van der Waals surface area contributed by atoms with Crippen molar-refractivity contribution in [1.29, 1.82) is 0 Å². The van der Waals surface area contributed by atoms with Gasteiger partial charge in [0.05, 0.1) is 5.56 Å². The first-order chi connectivity index (χ1) is 17.2. The van der Waals surface area contributed by atoms with Crippen LogP contribution >= 0.6 is 0 Å². The van der Waals surface area contributed by atoms with Gasteiger partial charge in [0.1, 0.15) is 26.2 Å². The van der Waals surface area contributed by atoms with Crippen molar-refractivity contribution in [3.63, 3.8) is 0 Å². The van der Waals surface area contributed by atoms with Gasteiger partial charge >= 0.3 is 11.8 Å². The molecule has 3 aromatic carbocycles. The van der Waals surface area contributed by atoms with Crippen LogP contribution in [0.15, 0.2) is 79.7 Å². The van der Waals surface area contributed by atoms with Crippen LogP contribution in [0.25, 0.3) is 0 Å². The van der Waals surface area contributed by atoms with Gasteiger partial charge in [-0.15, -0.1) is 0 Å². The molecule has 3 rings (SSSR count). The summed E-state index contributed by atoms with van der Waals surface area (Å²) in [5.41, 5.74) is 4.71. The average Bonchev–Trinajstić information content (AvgIpc) is 2.80. The molecule has 0 unspecified atom stereocenters. The summed E-state index contributed by atoms with van der Waals surface area (Å²) >= 11 is 0. The van der Waals surface area contributed by atoms with Crippen LogP contribution in [0.4, 0.5) is 17.1 Å². The van der Waals surface area contributed by atoms with Gasteiger partial charge in [0.2, 0.25) is 0 Å². The molecular formula is C21H18CuN5O9S2+. The van der Waals surface area contributed by atoms with Crippen LogP contribution in [0.5, 0.6) is 5.75 Å². The van der Waals surface area contributed by atoms with Crippen LogP contribution in [-0.2, 0) is 37.3 Å². The Morgan fingerprint density at radius 3 is 2.13 bits per heavy atom. The number of azo groups is 1. The van der Waals surface area contributed by atoms with Crippen molar-refractivity contribution in [1.82, 2.24) is 0 Å². The smallest absolute Gasteiger partial charge is 0.479 e. The predicted molar refractivity (Wildman–Crippen MR) is 128 cm³/mol. The Bertz CT molecular complexity index is 1730. The van der Waals surface area contributed by atoms with Crippen molar-refractivity contribution in [2.45, 2.75) is 16.7 Å². The van der Waals surface area contributed by atoms with Crippen LogP contribution in [0.2, 0.25) is 0 Å². The number of carbonyl (C=O) groups is 1. The Labute approximate surface area is 226 Å². The summed E-state index contributed by atoms with van der Waals surface area (Å²) in [5.74, 6) is -2.91. The number of benzene rings is 3. The number of nitrogens with zero attached hydrogens (tertiary/aromatic N) is 4. The second kappa shape index (κ2) is 11.6. The number of rotatable bonds is 6. The third kappa shape index (κ3) is 7.08. The summed E-state index contributed by atoms with van der Waals surface area (Å²) in [6, 6.07) is 10.8. The maximum atomic E-state index is 11.9. The molecule has 0 heterocycles. The van der Waals surface area contributed by atoms with E-state index in [2.05, 4.69) is 20.1 Å². The fraction of sp³-hybridized carbons (Fsp3) is 0.0476. The molecule has 0 spiro atoms. The first kappa shape index (κ1) is 30.3. The zero-order chi connectivity index (χ0) is 27.5. The van der Waals surface area contributed by atoms with E-state index in [1.165, 1.54) is 43.3 Å². The number of carboxylic acid groups (broad SMARTS) is 1. The number of phenolic OH excluding ortho intramolecular Hbond substituents is 1. The molecule has 0 amide bonds. The Hall–Kier alpha value is -3.95. The zero-order valence-electron chi connectivity index (χ0n) is 19.0. The molecule has 17 heteroatoms. The second-order valence-electron chi connectivity index (χ2n) is 7.38. The van der Waals surface area contributed by atoms with Gasteiger partial charge in [0, 0.05) is 27.9 Å². The van der Waals surface area contributed by atoms with Crippen LogP contribution in [0.1, 0.15) is 21.5 Å². The number of anilines is 1. The van der Waals surface area contributed by atoms with Gasteiger partial charge < -0.3 is 15.9 Å². The molecule has 14 nitrogen and oxygen atoms in total. The number of hydrogen-bond donors (Lipinski definition) is 5. The minimum Gasteiger partial charge on any atom is -0.504 e. The summed E-state index contributed by atoms with van der Waals surface area (Å²) < 4.78 is 66.0. The molecule has 0 bridgehead atoms. The van der Waals surface area contributed by atoms with E-state index >= 15 is 0 Å². The molecule has 0 saturated heterocycles. The maximum absolute atomic E-state index is 11.9. The van der Waals surface area contributed by atoms with E-state index in [0.29, 0.717) is 0 Å². The number of nitrogen functional groups attached to an aromatic ring is 1. The zero-order valence-corrected chi connectivity index (χ0v) is 21.6. The summed E-state index contributed by atoms with van der Waals surface area (Å²) in [6.07, 6.45) is 0. The average molecular weight is 612 g/mol. The molecule has 38 heavy (non-hydrogen) atoms. The Balaban J connectivity index is 0.00000507. The fourth-order valence-electron chi connectivity index (χ4n) is 3.02. The molecule has 0 aliphatic rings. The van der Waals surface area contributed by atoms with Crippen LogP contribution in [0, 0.1) is 6.92 Å². The monoisotopic (exact) mass is 611 g/mol. The van der Waals surface area contributed by atoms with Gasteiger partial charge in [-0.3, -0.25) is 9.11 Å². The summed E-state index contributed by atoms with van der Waals surface area (Å²) in [4.78, 5) is 13.9. The van der Waals surface area contributed by atoms with E-state index in [-0.39, 0.29) is 45.1 Å². The number of amidine groups is 1. The van der Waals surface area contributed by atoms with Gasteiger partial charge in [0.15, 0.2) is 11.4 Å². The molecular weight excluding hydrogens is 594 g/mol. The molecule has 0 atom stereocenters. The molecule has 0 fully saturated rings. The van der Waals surface area contributed by atoms with E-state index in [0.717, 1.165) is 18.2 Å². The Morgan fingerprint density at radius 2 is 1.53 bits per heavy atom.